The average molecular weight is 260 g/mol. The van der Waals surface area contributed by atoms with Gasteiger partial charge in [-0.1, -0.05) is 71.8 Å². The Morgan fingerprint density at radius 2 is 1.70 bits per heavy atom. The number of benzene rings is 2. The Morgan fingerprint density at radius 1 is 1.00 bits per heavy atom. The first-order valence-electron chi connectivity index (χ1n) is 7.17. The lowest BCUT2D eigenvalue weighted by atomic mass is 9.75. The molecule has 2 aromatic rings. The normalized spacial score (nSPS) is 20.5. The SMILES string of the molecule is C=CC1c2ccccc2C=CC1c1cc(C)cc(C)c1. The van der Waals surface area contributed by atoms with Crippen LogP contribution >= 0.6 is 0 Å². The van der Waals surface area contributed by atoms with E-state index in [1.807, 2.05) is 0 Å². The minimum Gasteiger partial charge on any atom is -0.102 e. The Bertz CT molecular complexity index is 656. The molecule has 100 valence electrons. The van der Waals surface area contributed by atoms with Crippen molar-refractivity contribution < 1.29 is 0 Å². The molecule has 2 atom stereocenters. The zero-order valence-corrected chi connectivity index (χ0v) is 12.1. The van der Waals surface area contributed by atoms with Crippen LogP contribution in [0.25, 0.3) is 6.08 Å². The minimum atomic E-state index is 0.359. The van der Waals surface area contributed by atoms with Crippen LogP contribution in [-0.2, 0) is 0 Å². The number of fused-ring (bicyclic) bond motifs is 1. The number of allylic oxidation sites excluding steroid dienone is 2. The maximum atomic E-state index is 4.07. The molecule has 0 heteroatoms. The Morgan fingerprint density at radius 3 is 2.40 bits per heavy atom. The number of hydrogen-bond donors (Lipinski definition) is 0. The molecule has 2 unspecified atom stereocenters. The molecule has 0 N–H and O–H groups in total. The van der Waals surface area contributed by atoms with E-state index in [4.69, 9.17) is 0 Å². The predicted molar refractivity (Wildman–Crippen MR) is 87.1 cm³/mol. The molecule has 1 aliphatic carbocycles. The highest BCUT2D eigenvalue weighted by Crippen LogP contribution is 2.41. The van der Waals surface area contributed by atoms with Gasteiger partial charge in [0.2, 0.25) is 0 Å². The van der Waals surface area contributed by atoms with E-state index in [0.29, 0.717) is 11.8 Å². The van der Waals surface area contributed by atoms with Crippen molar-refractivity contribution in [2.75, 3.05) is 0 Å². The number of rotatable bonds is 2. The summed E-state index contributed by atoms with van der Waals surface area (Å²) in [5.41, 5.74) is 6.75. The summed E-state index contributed by atoms with van der Waals surface area (Å²) >= 11 is 0. The summed E-state index contributed by atoms with van der Waals surface area (Å²) < 4.78 is 0. The quantitative estimate of drug-likeness (QED) is 0.636. The smallest absolute Gasteiger partial charge is 0.0125 e. The van der Waals surface area contributed by atoms with E-state index in [1.165, 1.54) is 27.8 Å². The average Bonchev–Trinajstić information content (AvgIpc) is 2.45. The molecule has 3 rings (SSSR count). The van der Waals surface area contributed by atoms with E-state index >= 15 is 0 Å². The summed E-state index contributed by atoms with van der Waals surface area (Å²) in [5.74, 6) is 0.749. The van der Waals surface area contributed by atoms with E-state index in [2.05, 4.69) is 81.1 Å². The van der Waals surface area contributed by atoms with Gasteiger partial charge in [0.15, 0.2) is 0 Å². The van der Waals surface area contributed by atoms with Crippen molar-refractivity contribution in [3.63, 3.8) is 0 Å². The first-order valence-corrected chi connectivity index (χ1v) is 7.17. The second-order valence-corrected chi connectivity index (χ2v) is 5.70. The molecule has 0 saturated carbocycles. The van der Waals surface area contributed by atoms with Gasteiger partial charge >= 0.3 is 0 Å². The van der Waals surface area contributed by atoms with Crippen molar-refractivity contribution in [1.29, 1.82) is 0 Å². The van der Waals surface area contributed by atoms with E-state index < -0.39 is 0 Å². The van der Waals surface area contributed by atoms with Crippen molar-refractivity contribution in [3.8, 4) is 0 Å². The van der Waals surface area contributed by atoms with Gasteiger partial charge in [-0.2, -0.15) is 0 Å². The minimum absolute atomic E-state index is 0.359. The zero-order chi connectivity index (χ0) is 14.1. The summed E-state index contributed by atoms with van der Waals surface area (Å²) in [6, 6.07) is 15.4. The maximum absolute atomic E-state index is 4.07. The first kappa shape index (κ1) is 12.9. The van der Waals surface area contributed by atoms with Crippen molar-refractivity contribution in [2.24, 2.45) is 0 Å². The fourth-order valence-corrected chi connectivity index (χ4v) is 3.28. The molecular weight excluding hydrogens is 240 g/mol. The molecule has 0 radical (unpaired) electrons. The molecule has 0 aliphatic heterocycles. The van der Waals surface area contributed by atoms with Crippen molar-refractivity contribution in [1.82, 2.24) is 0 Å². The Kier molecular flexibility index (Phi) is 3.31. The topological polar surface area (TPSA) is 0 Å². The van der Waals surface area contributed by atoms with Gasteiger partial charge in [0.1, 0.15) is 0 Å². The molecule has 0 nitrogen and oxygen atoms in total. The molecule has 0 aromatic heterocycles. The van der Waals surface area contributed by atoms with Gasteiger partial charge in [0, 0.05) is 11.8 Å². The molecule has 0 amide bonds. The summed E-state index contributed by atoms with van der Waals surface area (Å²) in [7, 11) is 0. The van der Waals surface area contributed by atoms with E-state index in [-0.39, 0.29) is 0 Å². The van der Waals surface area contributed by atoms with Crippen LogP contribution in [0, 0.1) is 13.8 Å². The lowest BCUT2D eigenvalue weighted by molar-refractivity contribution is 0.730. The van der Waals surface area contributed by atoms with Crippen LogP contribution < -0.4 is 0 Å². The van der Waals surface area contributed by atoms with Crippen LogP contribution in [0.15, 0.2) is 61.2 Å². The van der Waals surface area contributed by atoms with Gasteiger partial charge in [-0.15, -0.1) is 6.58 Å². The van der Waals surface area contributed by atoms with Gasteiger partial charge in [-0.3, -0.25) is 0 Å². The van der Waals surface area contributed by atoms with Crippen molar-refractivity contribution in [2.45, 2.75) is 25.7 Å². The zero-order valence-electron chi connectivity index (χ0n) is 12.1. The summed E-state index contributed by atoms with van der Waals surface area (Å²) in [6.07, 6.45) is 6.66. The van der Waals surface area contributed by atoms with E-state index in [0.717, 1.165) is 0 Å². The van der Waals surface area contributed by atoms with Gasteiger partial charge in [-0.25, -0.2) is 0 Å². The van der Waals surface area contributed by atoms with Crippen LogP contribution in [0.2, 0.25) is 0 Å². The molecule has 2 aromatic carbocycles. The first-order chi connectivity index (χ1) is 9.69. The second-order valence-electron chi connectivity index (χ2n) is 5.70. The van der Waals surface area contributed by atoms with Gasteiger partial charge in [0.25, 0.3) is 0 Å². The van der Waals surface area contributed by atoms with Crippen LogP contribution in [0.4, 0.5) is 0 Å². The van der Waals surface area contributed by atoms with Crippen LogP contribution in [0.3, 0.4) is 0 Å². The van der Waals surface area contributed by atoms with Crippen molar-refractivity contribution in [3.05, 3.63) is 89.0 Å². The highest BCUT2D eigenvalue weighted by atomic mass is 14.3. The fraction of sp³-hybridized carbons (Fsp3) is 0.200. The molecule has 0 spiro atoms. The van der Waals surface area contributed by atoms with Crippen molar-refractivity contribution >= 4 is 6.08 Å². The van der Waals surface area contributed by atoms with E-state index in [1.54, 1.807) is 0 Å². The molecule has 20 heavy (non-hydrogen) atoms. The summed E-state index contributed by atoms with van der Waals surface area (Å²) in [6.45, 7) is 8.40. The van der Waals surface area contributed by atoms with Crippen LogP contribution in [-0.4, -0.2) is 0 Å². The number of aryl methyl sites for hydroxylation is 2. The summed E-state index contributed by atoms with van der Waals surface area (Å²) in [5, 5.41) is 0. The Balaban J connectivity index is 2.09. The third-order valence-corrected chi connectivity index (χ3v) is 4.11. The Hall–Kier alpha value is -2.08. The van der Waals surface area contributed by atoms with E-state index in [9.17, 15) is 0 Å². The maximum Gasteiger partial charge on any atom is 0.0125 e. The highest BCUT2D eigenvalue weighted by Gasteiger charge is 2.25. The van der Waals surface area contributed by atoms with Gasteiger partial charge in [-0.05, 0) is 30.5 Å². The molecule has 0 bridgehead atoms. The molecule has 1 aliphatic rings. The lowest BCUT2D eigenvalue weighted by Gasteiger charge is -2.28. The summed E-state index contributed by atoms with van der Waals surface area (Å²) in [4.78, 5) is 0. The number of hydrogen-bond acceptors (Lipinski definition) is 0. The van der Waals surface area contributed by atoms with Crippen LogP contribution in [0.1, 0.15) is 39.7 Å². The lowest BCUT2D eigenvalue weighted by Crippen LogP contribution is -2.12. The Labute approximate surface area is 121 Å². The molecule has 0 saturated heterocycles. The largest absolute Gasteiger partial charge is 0.102 e. The standard InChI is InChI=1S/C20H20/c1-4-18-19-8-6-5-7-16(19)9-10-20(18)17-12-14(2)11-15(3)13-17/h4-13,18,20H,1H2,2-3H3. The van der Waals surface area contributed by atoms with Crippen LogP contribution in [0.5, 0.6) is 0 Å². The third kappa shape index (κ3) is 2.22. The highest BCUT2D eigenvalue weighted by molar-refractivity contribution is 5.61. The van der Waals surface area contributed by atoms with Gasteiger partial charge in [0.05, 0.1) is 0 Å². The third-order valence-electron chi connectivity index (χ3n) is 4.11. The molecule has 0 heterocycles. The monoisotopic (exact) mass is 260 g/mol. The predicted octanol–water partition coefficient (Wildman–Crippen LogP) is 5.38. The second kappa shape index (κ2) is 5.13. The molecular formula is C20H20. The fourth-order valence-electron chi connectivity index (χ4n) is 3.28. The van der Waals surface area contributed by atoms with Gasteiger partial charge < -0.3 is 0 Å². The molecule has 0 fully saturated rings.